The first-order chi connectivity index (χ1) is 13.1. The summed E-state index contributed by atoms with van der Waals surface area (Å²) in [7, 11) is 0. The maximum absolute atomic E-state index is 12.0. The molecule has 148 valence electrons. The highest BCUT2D eigenvalue weighted by molar-refractivity contribution is 7.12. The Balaban J connectivity index is 1.81. The maximum atomic E-state index is 12.0. The molecule has 8 nitrogen and oxygen atoms in total. The molecule has 2 N–H and O–H groups in total. The summed E-state index contributed by atoms with van der Waals surface area (Å²) < 4.78 is 10.0. The molecule has 0 aliphatic heterocycles. The Morgan fingerprint density at radius 2 is 1.71 bits per heavy atom. The average Bonchev–Trinajstić information content (AvgIpc) is 3.13. The summed E-state index contributed by atoms with van der Waals surface area (Å²) in [5.41, 5.74) is -0.00329. The van der Waals surface area contributed by atoms with Crippen LogP contribution in [0.25, 0.3) is 0 Å². The zero-order valence-corrected chi connectivity index (χ0v) is 16.4. The van der Waals surface area contributed by atoms with Crippen molar-refractivity contribution in [2.45, 2.75) is 26.4 Å². The molecule has 0 saturated heterocycles. The van der Waals surface area contributed by atoms with Crippen LogP contribution in [-0.4, -0.2) is 36.1 Å². The normalized spacial score (nSPS) is 10.7. The quantitative estimate of drug-likeness (QED) is 0.741. The topological polar surface area (TPSA) is 111 Å². The molecule has 9 heteroatoms. The Kier molecular flexibility index (Phi) is 6.89. The molecular weight excluding hydrogens is 384 g/mol. The number of nitrogens with one attached hydrogen (secondary N) is 2. The van der Waals surface area contributed by atoms with Crippen molar-refractivity contribution in [3.05, 3.63) is 52.2 Å². The Labute approximate surface area is 165 Å². The molecule has 3 amide bonds. The minimum absolute atomic E-state index is 0.187. The van der Waals surface area contributed by atoms with Crippen LogP contribution in [0, 0.1) is 0 Å². The van der Waals surface area contributed by atoms with Gasteiger partial charge in [-0.15, -0.1) is 11.3 Å². The smallest absolute Gasteiger partial charge is 0.412 e. The molecule has 2 aromatic rings. The molecular formula is C19H20N2O6S. The van der Waals surface area contributed by atoms with Gasteiger partial charge in [0.1, 0.15) is 5.60 Å². The van der Waals surface area contributed by atoms with Crippen molar-refractivity contribution in [3.63, 3.8) is 0 Å². The lowest BCUT2D eigenvalue weighted by Gasteiger charge is -2.19. The van der Waals surface area contributed by atoms with Gasteiger partial charge in [-0.05, 0) is 56.5 Å². The maximum Gasteiger partial charge on any atom is 0.412 e. The van der Waals surface area contributed by atoms with Crippen LogP contribution in [0.1, 0.15) is 40.8 Å². The Bertz CT molecular complexity index is 854. The van der Waals surface area contributed by atoms with E-state index in [0.29, 0.717) is 10.6 Å². The van der Waals surface area contributed by atoms with Crippen molar-refractivity contribution >= 4 is 40.9 Å². The van der Waals surface area contributed by atoms with Gasteiger partial charge in [-0.3, -0.25) is 20.2 Å². The number of anilines is 1. The second-order valence-electron chi connectivity index (χ2n) is 6.63. The molecule has 2 rings (SSSR count). The zero-order valence-electron chi connectivity index (χ0n) is 15.6. The van der Waals surface area contributed by atoms with Gasteiger partial charge < -0.3 is 9.47 Å². The fraction of sp³-hybridized carbons (Fsp3) is 0.263. The molecule has 0 spiro atoms. The van der Waals surface area contributed by atoms with Crippen LogP contribution in [0.3, 0.4) is 0 Å². The Hall–Kier alpha value is -3.20. The van der Waals surface area contributed by atoms with Crippen LogP contribution in [0.15, 0.2) is 41.8 Å². The van der Waals surface area contributed by atoms with Crippen LogP contribution < -0.4 is 10.6 Å². The number of carbonyl (C=O) groups excluding carboxylic acids is 4. The van der Waals surface area contributed by atoms with Crippen molar-refractivity contribution in [2.24, 2.45) is 0 Å². The predicted molar refractivity (Wildman–Crippen MR) is 103 cm³/mol. The van der Waals surface area contributed by atoms with Gasteiger partial charge in [0.2, 0.25) is 0 Å². The monoisotopic (exact) mass is 404 g/mol. The van der Waals surface area contributed by atoms with Crippen LogP contribution in [-0.2, 0) is 14.3 Å². The number of benzene rings is 1. The average molecular weight is 404 g/mol. The Morgan fingerprint density at radius 3 is 2.29 bits per heavy atom. The lowest BCUT2D eigenvalue weighted by atomic mass is 10.2. The number of esters is 1. The van der Waals surface area contributed by atoms with E-state index < -0.39 is 36.1 Å². The number of hydrogen-bond acceptors (Lipinski definition) is 7. The molecule has 0 aliphatic rings. The van der Waals surface area contributed by atoms with E-state index in [2.05, 4.69) is 10.6 Å². The first-order valence-corrected chi connectivity index (χ1v) is 9.17. The third kappa shape index (κ3) is 6.84. The van der Waals surface area contributed by atoms with E-state index in [1.807, 2.05) is 0 Å². The number of carbonyl (C=O) groups is 4. The van der Waals surface area contributed by atoms with E-state index in [-0.39, 0.29) is 5.56 Å². The van der Waals surface area contributed by atoms with Gasteiger partial charge in [-0.25, -0.2) is 9.59 Å². The number of hydrogen-bond donors (Lipinski definition) is 2. The van der Waals surface area contributed by atoms with Gasteiger partial charge in [-0.2, -0.15) is 0 Å². The van der Waals surface area contributed by atoms with Gasteiger partial charge in [0.05, 0.1) is 10.4 Å². The fourth-order valence-electron chi connectivity index (χ4n) is 1.96. The number of ether oxygens (including phenoxy) is 2. The molecule has 0 aliphatic carbocycles. The van der Waals surface area contributed by atoms with Crippen molar-refractivity contribution in [1.82, 2.24) is 5.32 Å². The van der Waals surface area contributed by atoms with Gasteiger partial charge in [0, 0.05) is 5.69 Å². The number of imide groups is 1. The molecule has 0 bridgehead atoms. The fourth-order valence-corrected chi connectivity index (χ4v) is 2.58. The number of rotatable bonds is 5. The van der Waals surface area contributed by atoms with Crippen molar-refractivity contribution in [2.75, 3.05) is 11.9 Å². The summed E-state index contributed by atoms with van der Waals surface area (Å²) in [6.45, 7) is 4.65. The highest BCUT2D eigenvalue weighted by atomic mass is 32.1. The number of amides is 3. The summed E-state index contributed by atoms with van der Waals surface area (Å²) in [6.07, 6.45) is -0.616. The molecule has 0 fully saturated rings. The second-order valence-corrected chi connectivity index (χ2v) is 7.58. The van der Waals surface area contributed by atoms with Gasteiger partial charge >= 0.3 is 12.1 Å². The molecule has 0 saturated carbocycles. The van der Waals surface area contributed by atoms with Crippen LogP contribution >= 0.6 is 11.3 Å². The van der Waals surface area contributed by atoms with Gasteiger partial charge in [0.25, 0.3) is 11.8 Å². The molecule has 0 radical (unpaired) electrons. The van der Waals surface area contributed by atoms with Crippen molar-refractivity contribution in [3.8, 4) is 0 Å². The van der Waals surface area contributed by atoms with E-state index in [1.165, 1.54) is 35.6 Å². The van der Waals surface area contributed by atoms with Crippen molar-refractivity contribution in [1.29, 1.82) is 0 Å². The first-order valence-electron chi connectivity index (χ1n) is 8.29. The zero-order chi connectivity index (χ0) is 20.7. The van der Waals surface area contributed by atoms with E-state index in [1.54, 1.807) is 38.3 Å². The SMILES string of the molecule is CC(C)(C)OC(=O)Nc1ccc(C(=O)OCC(=O)NC(=O)c2cccs2)cc1. The lowest BCUT2D eigenvalue weighted by molar-refractivity contribution is -0.123. The predicted octanol–water partition coefficient (Wildman–Crippen LogP) is 3.21. The molecule has 28 heavy (non-hydrogen) atoms. The Morgan fingerprint density at radius 1 is 1.04 bits per heavy atom. The van der Waals surface area contributed by atoms with Crippen molar-refractivity contribution < 1.29 is 28.7 Å². The minimum Gasteiger partial charge on any atom is -0.452 e. The van der Waals surface area contributed by atoms with Crippen LogP contribution in [0.2, 0.25) is 0 Å². The molecule has 1 heterocycles. The second kappa shape index (κ2) is 9.14. The number of thiophene rings is 1. The van der Waals surface area contributed by atoms with E-state index in [4.69, 9.17) is 9.47 Å². The van der Waals surface area contributed by atoms with Gasteiger partial charge in [-0.1, -0.05) is 6.07 Å². The van der Waals surface area contributed by atoms with Crippen LogP contribution in [0.5, 0.6) is 0 Å². The highest BCUT2D eigenvalue weighted by Gasteiger charge is 2.17. The summed E-state index contributed by atoms with van der Waals surface area (Å²) in [5, 5.41) is 6.38. The molecule has 0 unspecified atom stereocenters. The highest BCUT2D eigenvalue weighted by Crippen LogP contribution is 2.13. The standard InChI is InChI=1S/C19H20N2O6S/c1-19(2,3)27-18(25)20-13-8-6-12(7-9-13)17(24)26-11-15(22)21-16(23)14-5-4-10-28-14/h4-10H,11H2,1-3H3,(H,20,25)(H,21,22,23). The van der Waals surface area contributed by atoms with E-state index in [0.717, 1.165) is 0 Å². The lowest BCUT2D eigenvalue weighted by Crippen LogP contribution is -2.33. The largest absolute Gasteiger partial charge is 0.452 e. The summed E-state index contributed by atoms with van der Waals surface area (Å²) >= 11 is 1.19. The summed E-state index contributed by atoms with van der Waals surface area (Å²) in [4.78, 5) is 47.5. The molecule has 1 aromatic heterocycles. The molecule has 0 atom stereocenters. The van der Waals surface area contributed by atoms with Gasteiger partial charge in [0.15, 0.2) is 6.61 Å². The van der Waals surface area contributed by atoms with E-state index in [9.17, 15) is 19.2 Å². The minimum atomic E-state index is -0.734. The van der Waals surface area contributed by atoms with E-state index >= 15 is 0 Å². The third-order valence-corrected chi connectivity index (χ3v) is 3.97. The summed E-state index contributed by atoms with van der Waals surface area (Å²) in [5.74, 6) is -2.01. The first kappa shape index (κ1) is 21.1. The summed E-state index contributed by atoms with van der Waals surface area (Å²) in [6, 6.07) is 9.13. The van der Waals surface area contributed by atoms with Crippen LogP contribution in [0.4, 0.5) is 10.5 Å². The molecule has 1 aromatic carbocycles. The third-order valence-electron chi connectivity index (χ3n) is 3.10.